The lowest BCUT2D eigenvalue weighted by Gasteiger charge is -1.82. The van der Waals surface area contributed by atoms with Crippen LogP contribution in [0.25, 0.3) is 0 Å². The van der Waals surface area contributed by atoms with E-state index >= 15 is 0 Å². The van der Waals surface area contributed by atoms with Gasteiger partial charge in [0.15, 0.2) is 0 Å². The van der Waals surface area contributed by atoms with E-state index in [4.69, 9.17) is 4.78 Å². The van der Waals surface area contributed by atoms with Crippen molar-refractivity contribution in [2.24, 2.45) is 0 Å². The molecule has 0 heterocycles. The first-order valence-electron chi connectivity index (χ1n) is 2.50. The molecule has 46 valence electrons. The summed E-state index contributed by atoms with van der Waals surface area (Å²) in [5.74, 6) is 0. The van der Waals surface area contributed by atoms with Gasteiger partial charge in [0.05, 0.1) is 0 Å². The standard InChI is InChI=1S/C6H11NS/c1-3-5-8(7)6-4-2/h3-7H,1-2H3. The average molecular weight is 129 g/mol. The van der Waals surface area contributed by atoms with Crippen LogP contribution in [-0.4, -0.2) is 0 Å². The molecule has 1 nitrogen and oxygen atoms in total. The van der Waals surface area contributed by atoms with Crippen LogP contribution < -0.4 is 0 Å². The number of rotatable bonds is 2. The number of allylic oxidation sites excluding steroid dienone is 2. The summed E-state index contributed by atoms with van der Waals surface area (Å²) < 4.78 is 7.23. The highest BCUT2D eigenvalue weighted by atomic mass is 32.2. The van der Waals surface area contributed by atoms with Crippen molar-refractivity contribution in [3.63, 3.8) is 0 Å². The summed E-state index contributed by atoms with van der Waals surface area (Å²) in [6.07, 6.45) is 3.80. The Labute approximate surface area is 53.0 Å². The van der Waals surface area contributed by atoms with Crippen LogP contribution in [0.1, 0.15) is 13.8 Å². The molecule has 0 saturated carbocycles. The zero-order valence-electron chi connectivity index (χ0n) is 5.22. The van der Waals surface area contributed by atoms with Crippen LogP contribution >= 0.6 is 0 Å². The van der Waals surface area contributed by atoms with Crippen molar-refractivity contribution in [2.45, 2.75) is 13.8 Å². The van der Waals surface area contributed by atoms with E-state index < -0.39 is 0 Å². The average Bonchev–Trinajstić information content (AvgIpc) is 1.68. The molecule has 0 aliphatic heterocycles. The molecular formula is C6H11NS. The van der Waals surface area contributed by atoms with E-state index in [0.717, 1.165) is 0 Å². The molecule has 0 atom stereocenters. The highest BCUT2D eigenvalue weighted by Gasteiger charge is 1.71. The van der Waals surface area contributed by atoms with E-state index in [9.17, 15) is 0 Å². The molecule has 0 radical (unpaired) electrons. The lowest BCUT2D eigenvalue weighted by atomic mass is 10.8. The van der Waals surface area contributed by atoms with Crippen molar-refractivity contribution in [3.8, 4) is 0 Å². The van der Waals surface area contributed by atoms with Crippen LogP contribution in [0, 0.1) is 4.78 Å². The summed E-state index contributed by atoms with van der Waals surface area (Å²) in [5, 5.41) is 3.72. The summed E-state index contributed by atoms with van der Waals surface area (Å²) in [6.45, 7) is 3.86. The molecule has 0 saturated heterocycles. The molecule has 0 rings (SSSR count). The van der Waals surface area contributed by atoms with Crippen LogP contribution in [0.3, 0.4) is 0 Å². The summed E-state index contributed by atoms with van der Waals surface area (Å²) in [7, 11) is -0.381. The van der Waals surface area contributed by atoms with Gasteiger partial charge in [-0.2, -0.15) is 0 Å². The largest absolute Gasteiger partial charge is 0.272 e. The first-order chi connectivity index (χ1) is 3.81. The van der Waals surface area contributed by atoms with Crippen molar-refractivity contribution in [2.75, 3.05) is 0 Å². The number of hydrogen-bond acceptors (Lipinski definition) is 1. The lowest BCUT2D eigenvalue weighted by molar-refractivity contribution is 1.63. The third kappa shape index (κ3) is 3.81. The Morgan fingerprint density at radius 1 is 1.12 bits per heavy atom. The van der Waals surface area contributed by atoms with Gasteiger partial charge in [-0.3, -0.25) is 4.78 Å². The minimum absolute atomic E-state index is 0.381. The topological polar surface area (TPSA) is 23.9 Å². The molecule has 0 aromatic heterocycles. The molecule has 0 aliphatic rings. The zero-order chi connectivity index (χ0) is 6.41. The van der Waals surface area contributed by atoms with Gasteiger partial charge < -0.3 is 0 Å². The van der Waals surface area contributed by atoms with Crippen molar-refractivity contribution in [1.29, 1.82) is 4.78 Å². The van der Waals surface area contributed by atoms with Gasteiger partial charge in [-0.1, -0.05) is 22.8 Å². The molecule has 2 heteroatoms. The smallest absolute Gasteiger partial charge is 0.0183 e. The Morgan fingerprint density at radius 3 is 1.75 bits per heavy atom. The maximum absolute atomic E-state index is 7.23. The van der Waals surface area contributed by atoms with E-state index in [1.807, 2.05) is 36.8 Å². The number of nitrogens with one attached hydrogen (secondary N) is 1. The first-order valence-corrected chi connectivity index (χ1v) is 3.85. The van der Waals surface area contributed by atoms with Gasteiger partial charge in [-0.15, -0.1) is 0 Å². The van der Waals surface area contributed by atoms with Gasteiger partial charge in [-0.05, 0) is 24.7 Å². The Hall–Kier alpha value is -0.370. The lowest BCUT2D eigenvalue weighted by Crippen LogP contribution is -1.67. The van der Waals surface area contributed by atoms with Gasteiger partial charge in [0.1, 0.15) is 0 Å². The summed E-state index contributed by atoms with van der Waals surface area (Å²) in [6, 6.07) is 0. The molecule has 8 heavy (non-hydrogen) atoms. The van der Waals surface area contributed by atoms with E-state index in [-0.39, 0.29) is 10.7 Å². The monoisotopic (exact) mass is 129 g/mol. The molecule has 1 N–H and O–H groups in total. The van der Waals surface area contributed by atoms with Crippen LogP contribution in [0.2, 0.25) is 0 Å². The summed E-state index contributed by atoms with van der Waals surface area (Å²) >= 11 is 0. The minimum Gasteiger partial charge on any atom is -0.272 e. The zero-order valence-corrected chi connectivity index (χ0v) is 6.03. The Bertz CT molecular complexity index is 110. The second-order valence-electron chi connectivity index (χ2n) is 1.31. The molecule has 0 unspecified atom stereocenters. The van der Waals surface area contributed by atoms with E-state index in [2.05, 4.69) is 0 Å². The normalized spacial score (nSPS) is 15.8. The molecule has 0 spiro atoms. The maximum atomic E-state index is 7.23. The molecule has 0 aliphatic carbocycles. The Kier molecular flexibility index (Phi) is 4.56. The molecule has 0 aromatic rings. The summed E-state index contributed by atoms with van der Waals surface area (Å²) in [4.78, 5) is 0. The predicted molar refractivity (Wildman–Crippen MR) is 39.7 cm³/mol. The van der Waals surface area contributed by atoms with Crippen LogP contribution in [-0.2, 0) is 10.7 Å². The maximum Gasteiger partial charge on any atom is -0.0183 e. The number of hydrogen-bond donors (Lipinski definition) is 1. The molecule has 0 aromatic carbocycles. The molecular weight excluding hydrogens is 118 g/mol. The highest BCUT2D eigenvalue weighted by Crippen LogP contribution is 1.87. The van der Waals surface area contributed by atoms with Gasteiger partial charge in [0, 0.05) is 0 Å². The van der Waals surface area contributed by atoms with Crippen molar-refractivity contribution < 1.29 is 0 Å². The first kappa shape index (κ1) is 7.63. The van der Waals surface area contributed by atoms with Crippen molar-refractivity contribution in [1.82, 2.24) is 0 Å². The van der Waals surface area contributed by atoms with Crippen LogP contribution in [0.15, 0.2) is 23.0 Å². The highest BCUT2D eigenvalue weighted by molar-refractivity contribution is 7.91. The molecule has 0 amide bonds. The van der Waals surface area contributed by atoms with Gasteiger partial charge in [-0.25, -0.2) is 0 Å². The fourth-order valence-electron chi connectivity index (χ4n) is 0.339. The van der Waals surface area contributed by atoms with Gasteiger partial charge in [0.2, 0.25) is 0 Å². The van der Waals surface area contributed by atoms with Crippen LogP contribution in [0.4, 0.5) is 0 Å². The van der Waals surface area contributed by atoms with Crippen molar-refractivity contribution >= 4 is 10.7 Å². The molecule has 0 fully saturated rings. The third-order valence-corrected chi connectivity index (χ3v) is 1.70. The van der Waals surface area contributed by atoms with E-state index in [0.29, 0.717) is 0 Å². The fraction of sp³-hybridized carbons (Fsp3) is 0.333. The Morgan fingerprint density at radius 2 is 1.50 bits per heavy atom. The second kappa shape index (κ2) is 4.78. The fourth-order valence-corrected chi connectivity index (χ4v) is 1.02. The third-order valence-electron chi connectivity index (χ3n) is 0.565. The predicted octanol–water partition coefficient (Wildman–Crippen LogP) is 2.43. The van der Waals surface area contributed by atoms with Gasteiger partial charge >= 0.3 is 0 Å². The summed E-state index contributed by atoms with van der Waals surface area (Å²) in [5.41, 5.74) is 0. The SMILES string of the molecule is CC=CS(=N)C=CC. The molecule has 0 bridgehead atoms. The van der Waals surface area contributed by atoms with Crippen LogP contribution in [0.5, 0.6) is 0 Å². The van der Waals surface area contributed by atoms with E-state index in [1.165, 1.54) is 0 Å². The second-order valence-corrected chi connectivity index (χ2v) is 2.60. The van der Waals surface area contributed by atoms with Crippen molar-refractivity contribution in [3.05, 3.63) is 23.0 Å². The van der Waals surface area contributed by atoms with E-state index in [1.54, 1.807) is 0 Å². The van der Waals surface area contributed by atoms with Gasteiger partial charge in [0.25, 0.3) is 0 Å². The Balaban J connectivity index is 3.66. The minimum atomic E-state index is -0.381. The quantitative estimate of drug-likeness (QED) is 0.592.